The van der Waals surface area contributed by atoms with E-state index in [4.69, 9.17) is 5.11 Å². The summed E-state index contributed by atoms with van der Waals surface area (Å²) in [5.74, 6) is -0.906. The van der Waals surface area contributed by atoms with E-state index in [2.05, 4.69) is 30.8 Å². The summed E-state index contributed by atoms with van der Waals surface area (Å²) >= 11 is 0. The van der Waals surface area contributed by atoms with Gasteiger partial charge in [0.15, 0.2) is 0 Å². The second kappa shape index (κ2) is 6.05. The van der Waals surface area contributed by atoms with Gasteiger partial charge in [-0.3, -0.25) is 0 Å². The minimum atomic E-state index is -0.906. The molecule has 0 aliphatic heterocycles. The first kappa shape index (κ1) is 14.5. The average molecular weight is 275 g/mol. The number of nitrogens with zero attached hydrogens (tertiary/aromatic N) is 3. The number of hydrogen-bond acceptors (Lipinski definition) is 3. The maximum atomic E-state index is 11.0. The Kier molecular flexibility index (Phi) is 4.39. The van der Waals surface area contributed by atoms with Crippen LogP contribution in [0.4, 0.5) is 0 Å². The number of aromatic nitrogens is 2. The second-order valence-corrected chi connectivity index (χ2v) is 5.18. The number of carboxylic acids is 1. The van der Waals surface area contributed by atoms with Crippen molar-refractivity contribution in [1.29, 1.82) is 0 Å². The van der Waals surface area contributed by atoms with E-state index in [0.717, 1.165) is 30.5 Å². The molecule has 5 heteroatoms. The molecule has 1 aromatic carbocycles. The zero-order valence-electron chi connectivity index (χ0n) is 12.2. The molecule has 1 aromatic heterocycles. The van der Waals surface area contributed by atoms with Gasteiger partial charge >= 0.3 is 5.97 Å². The summed E-state index contributed by atoms with van der Waals surface area (Å²) in [6.45, 7) is 6.10. The van der Waals surface area contributed by atoms with Gasteiger partial charge in [-0.1, -0.05) is 6.92 Å². The molecule has 1 atom stereocenters. The van der Waals surface area contributed by atoms with E-state index in [0.29, 0.717) is 11.6 Å². The Morgan fingerprint density at radius 3 is 2.90 bits per heavy atom. The molecule has 0 radical (unpaired) electrons. The topological polar surface area (TPSA) is 58.4 Å². The summed E-state index contributed by atoms with van der Waals surface area (Å²) in [5, 5.41) is 9.06. The van der Waals surface area contributed by atoms with E-state index in [9.17, 15) is 4.79 Å². The summed E-state index contributed by atoms with van der Waals surface area (Å²) < 4.78 is 2.01. The van der Waals surface area contributed by atoms with E-state index in [1.165, 1.54) is 0 Å². The van der Waals surface area contributed by atoms with Crippen LogP contribution in [-0.2, 0) is 6.54 Å². The summed E-state index contributed by atoms with van der Waals surface area (Å²) in [4.78, 5) is 17.6. The van der Waals surface area contributed by atoms with Crippen molar-refractivity contribution in [2.45, 2.75) is 32.9 Å². The standard InChI is InChI=1S/C15H21N3O2/c1-4-11(2)17(3)7-8-18-10-16-13-6-5-12(15(19)20)9-14(13)18/h5-6,9-11H,4,7-8H2,1-3H3,(H,19,20). The highest BCUT2D eigenvalue weighted by Crippen LogP contribution is 2.15. The first-order valence-electron chi connectivity index (χ1n) is 6.91. The van der Waals surface area contributed by atoms with Crippen LogP contribution in [0.15, 0.2) is 24.5 Å². The number of rotatable bonds is 6. The van der Waals surface area contributed by atoms with Gasteiger partial charge in [0, 0.05) is 19.1 Å². The van der Waals surface area contributed by atoms with Crippen molar-refractivity contribution < 1.29 is 9.90 Å². The van der Waals surface area contributed by atoms with Crippen molar-refractivity contribution in [2.75, 3.05) is 13.6 Å². The van der Waals surface area contributed by atoms with Crippen LogP contribution in [0, 0.1) is 0 Å². The third kappa shape index (κ3) is 2.99. The largest absolute Gasteiger partial charge is 0.478 e. The lowest BCUT2D eigenvalue weighted by Gasteiger charge is -2.23. The highest BCUT2D eigenvalue weighted by atomic mass is 16.4. The maximum absolute atomic E-state index is 11.0. The van der Waals surface area contributed by atoms with Crippen LogP contribution in [0.5, 0.6) is 0 Å². The van der Waals surface area contributed by atoms with Crippen LogP contribution in [0.1, 0.15) is 30.6 Å². The third-order valence-electron chi connectivity index (χ3n) is 3.90. The van der Waals surface area contributed by atoms with Crippen molar-refractivity contribution in [2.24, 2.45) is 0 Å². The first-order valence-corrected chi connectivity index (χ1v) is 6.91. The first-order chi connectivity index (χ1) is 9.52. The molecule has 108 valence electrons. The molecule has 0 spiro atoms. The third-order valence-corrected chi connectivity index (χ3v) is 3.90. The molecule has 0 aliphatic rings. The SMILES string of the molecule is CCC(C)N(C)CCn1cnc2ccc(C(=O)O)cc21. The Hall–Kier alpha value is -1.88. The van der Waals surface area contributed by atoms with Crippen LogP contribution in [0.25, 0.3) is 11.0 Å². The normalized spacial score (nSPS) is 13.0. The Balaban J connectivity index is 2.18. The van der Waals surface area contributed by atoms with E-state index in [-0.39, 0.29) is 0 Å². The van der Waals surface area contributed by atoms with Crippen LogP contribution < -0.4 is 0 Å². The lowest BCUT2D eigenvalue weighted by Crippen LogP contribution is -2.31. The fourth-order valence-electron chi connectivity index (χ4n) is 2.17. The predicted octanol–water partition coefficient (Wildman–Crippen LogP) is 2.46. The molecule has 5 nitrogen and oxygen atoms in total. The molecule has 1 N–H and O–H groups in total. The van der Waals surface area contributed by atoms with Crippen LogP contribution in [0.2, 0.25) is 0 Å². The lowest BCUT2D eigenvalue weighted by molar-refractivity contribution is 0.0697. The number of benzene rings is 1. The van der Waals surface area contributed by atoms with Gasteiger partial charge in [0.1, 0.15) is 0 Å². The van der Waals surface area contributed by atoms with Gasteiger partial charge in [-0.15, -0.1) is 0 Å². The number of fused-ring (bicyclic) bond motifs is 1. The molecule has 0 saturated heterocycles. The molecular formula is C15H21N3O2. The van der Waals surface area contributed by atoms with Crippen molar-refractivity contribution in [3.8, 4) is 0 Å². The Bertz CT molecular complexity index is 606. The van der Waals surface area contributed by atoms with E-state index in [1.54, 1.807) is 24.5 Å². The molecular weight excluding hydrogens is 254 g/mol. The van der Waals surface area contributed by atoms with Gasteiger partial charge in [0.25, 0.3) is 0 Å². The fourth-order valence-corrected chi connectivity index (χ4v) is 2.17. The van der Waals surface area contributed by atoms with Gasteiger partial charge < -0.3 is 14.6 Å². The van der Waals surface area contributed by atoms with Crippen molar-refractivity contribution in [3.63, 3.8) is 0 Å². The number of carbonyl (C=O) groups is 1. The molecule has 20 heavy (non-hydrogen) atoms. The highest BCUT2D eigenvalue weighted by molar-refractivity contribution is 5.92. The Labute approximate surface area is 118 Å². The lowest BCUT2D eigenvalue weighted by atomic mass is 10.2. The van der Waals surface area contributed by atoms with Crippen LogP contribution >= 0.6 is 0 Å². The molecule has 2 rings (SSSR count). The summed E-state index contributed by atoms with van der Waals surface area (Å²) in [6.07, 6.45) is 2.89. The highest BCUT2D eigenvalue weighted by Gasteiger charge is 2.10. The predicted molar refractivity (Wildman–Crippen MR) is 79.1 cm³/mol. The van der Waals surface area contributed by atoms with Crippen molar-refractivity contribution in [1.82, 2.24) is 14.5 Å². The van der Waals surface area contributed by atoms with Gasteiger partial charge in [-0.25, -0.2) is 9.78 Å². The number of likely N-dealkylation sites (N-methyl/N-ethyl adjacent to an activating group) is 1. The molecule has 0 fully saturated rings. The fraction of sp³-hybridized carbons (Fsp3) is 0.467. The quantitative estimate of drug-likeness (QED) is 0.880. The minimum absolute atomic E-state index is 0.300. The average Bonchev–Trinajstić information content (AvgIpc) is 2.85. The summed E-state index contributed by atoms with van der Waals surface area (Å²) in [5.41, 5.74) is 2.01. The maximum Gasteiger partial charge on any atom is 0.335 e. The zero-order chi connectivity index (χ0) is 14.7. The van der Waals surface area contributed by atoms with Crippen molar-refractivity contribution in [3.05, 3.63) is 30.1 Å². The molecule has 0 aliphatic carbocycles. The number of hydrogen-bond donors (Lipinski definition) is 1. The second-order valence-electron chi connectivity index (χ2n) is 5.18. The molecule has 0 bridgehead atoms. The van der Waals surface area contributed by atoms with Crippen LogP contribution in [-0.4, -0.2) is 45.2 Å². The van der Waals surface area contributed by atoms with Gasteiger partial charge in [-0.2, -0.15) is 0 Å². The number of aromatic carboxylic acids is 1. The van der Waals surface area contributed by atoms with E-state index >= 15 is 0 Å². The van der Waals surface area contributed by atoms with Gasteiger partial charge in [0.2, 0.25) is 0 Å². The monoisotopic (exact) mass is 275 g/mol. The zero-order valence-corrected chi connectivity index (χ0v) is 12.2. The minimum Gasteiger partial charge on any atom is -0.478 e. The Morgan fingerprint density at radius 2 is 2.25 bits per heavy atom. The molecule has 2 aromatic rings. The molecule has 1 unspecified atom stereocenters. The van der Waals surface area contributed by atoms with Gasteiger partial charge in [-0.05, 0) is 38.6 Å². The Morgan fingerprint density at radius 1 is 1.50 bits per heavy atom. The smallest absolute Gasteiger partial charge is 0.335 e. The summed E-state index contributed by atoms with van der Waals surface area (Å²) in [7, 11) is 2.11. The molecule has 0 saturated carbocycles. The number of carboxylic acid groups (broad SMARTS) is 1. The van der Waals surface area contributed by atoms with E-state index < -0.39 is 5.97 Å². The molecule has 0 amide bonds. The van der Waals surface area contributed by atoms with Crippen LogP contribution in [0.3, 0.4) is 0 Å². The number of imidazole rings is 1. The van der Waals surface area contributed by atoms with Gasteiger partial charge in [0.05, 0.1) is 22.9 Å². The van der Waals surface area contributed by atoms with E-state index in [1.807, 2.05) is 4.57 Å². The summed E-state index contributed by atoms with van der Waals surface area (Å²) in [6, 6.07) is 5.58. The molecule has 1 heterocycles. The van der Waals surface area contributed by atoms with Crippen molar-refractivity contribution >= 4 is 17.0 Å².